The number of carbonyl (C=O) groups is 1. The number of likely N-dealkylation sites (tertiary alicyclic amines) is 1. The summed E-state index contributed by atoms with van der Waals surface area (Å²) in [6.07, 6.45) is 6.76. The number of carbonyl (C=O) groups excluding carboxylic acids is 1. The number of hydrogen-bond donors (Lipinski definition) is 1. The number of amides is 1. The quantitative estimate of drug-likeness (QED) is 0.835. The van der Waals surface area contributed by atoms with Crippen molar-refractivity contribution in [2.24, 2.45) is 23.0 Å². The summed E-state index contributed by atoms with van der Waals surface area (Å²) >= 11 is 0. The minimum atomic E-state index is 0.176. The zero-order chi connectivity index (χ0) is 14.0. The molecule has 3 nitrogen and oxygen atoms in total. The van der Waals surface area contributed by atoms with E-state index in [4.69, 9.17) is 5.73 Å². The van der Waals surface area contributed by atoms with E-state index >= 15 is 0 Å². The molecule has 2 aliphatic rings. The fraction of sp³-hybridized carbons (Fsp3) is 0.938. The molecule has 3 atom stereocenters. The van der Waals surface area contributed by atoms with Crippen molar-refractivity contribution < 1.29 is 4.79 Å². The predicted molar refractivity (Wildman–Crippen MR) is 78.7 cm³/mol. The van der Waals surface area contributed by atoms with Crippen LogP contribution in [0.3, 0.4) is 0 Å². The zero-order valence-corrected chi connectivity index (χ0v) is 12.8. The molecule has 1 saturated carbocycles. The molecule has 1 aliphatic carbocycles. The number of nitrogens with two attached hydrogens (primary N) is 1. The molecule has 2 N–H and O–H groups in total. The third-order valence-electron chi connectivity index (χ3n) is 5.82. The lowest BCUT2D eigenvalue weighted by Gasteiger charge is -2.42. The summed E-state index contributed by atoms with van der Waals surface area (Å²) in [5.41, 5.74) is 6.58. The molecule has 1 saturated heterocycles. The Morgan fingerprint density at radius 3 is 2.53 bits per heavy atom. The highest BCUT2D eigenvalue weighted by molar-refractivity contribution is 5.79. The van der Waals surface area contributed by atoms with Gasteiger partial charge < -0.3 is 10.6 Å². The van der Waals surface area contributed by atoms with Crippen LogP contribution in [-0.2, 0) is 4.79 Å². The van der Waals surface area contributed by atoms with Gasteiger partial charge in [-0.2, -0.15) is 0 Å². The average molecular weight is 266 g/mol. The normalized spacial score (nSPS) is 35.2. The molecule has 1 aliphatic heterocycles. The van der Waals surface area contributed by atoms with Gasteiger partial charge in [-0.3, -0.25) is 4.79 Å². The lowest BCUT2D eigenvalue weighted by molar-refractivity contribution is -0.140. The smallest absolute Gasteiger partial charge is 0.226 e. The van der Waals surface area contributed by atoms with Crippen LogP contribution >= 0.6 is 0 Å². The molecule has 1 amide bonds. The van der Waals surface area contributed by atoms with Gasteiger partial charge in [-0.05, 0) is 37.0 Å². The van der Waals surface area contributed by atoms with Crippen LogP contribution in [-0.4, -0.2) is 29.9 Å². The Hall–Kier alpha value is -0.570. The predicted octanol–water partition coefficient (Wildman–Crippen LogP) is 2.79. The maximum absolute atomic E-state index is 12.7. The Morgan fingerprint density at radius 2 is 1.95 bits per heavy atom. The minimum absolute atomic E-state index is 0.176. The van der Waals surface area contributed by atoms with Crippen molar-refractivity contribution in [3.63, 3.8) is 0 Å². The van der Waals surface area contributed by atoms with Crippen LogP contribution in [0, 0.1) is 17.3 Å². The first-order valence-corrected chi connectivity index (χ1v) is 8.01. The molecule has 2 fully saturated rings. The lowest BCUT2D eigenvalue weighted by atomic mass is 9.75. The molecule has 0 bridgehead atoms. The standard InChI is InChI=1S/C16H30N2O/c1-4-16(3)8-10-18(11-9-16)15(19)13-6-5-7-14(17)12(13)2/h12-14H,4-11,17H2,1-3H3. The molecule has 1 heterocycles. The number of hydrogen-bond acceptors (Lipinski definition) is 2. The van der Waals surface area contributed by atoms with E-state index in [1.54, 1.807) is 0 Å². The molecule has 19 heavy (non-hydrogen) atoms. The molecule has 0 aromatic rings. The molecule has 0 radical (unpaired) electrons. The molecule has 110 valence electrons. The summed E-state index contributed by atoms with van der Waals surface area (Å²) in [6.45, 7) is 8.67. The summed E-state index contributed by atoms with van der Waals surface area (Å²) < 4.78 is 0. The van der Waals surface area contributed by atoms with Crippen molar-refractivity contribution >= 4 is 5.91 Å². The molecule has 0 aromatic carbocycles. The van der Waals surface area contributed by atoms with E-state index in [0.29, 0.717) is 17.2 Å². The van der Waals surface area contributed by atoms with Crippen LogP contribution in [0.5, 0.6) is 0 Å². The molecular weight excluding hydrogens is 236 g/mol. The van der Waals surface area contributed by atoms with E-state index < -0.39 is 0 Å². The number of nitrogens with zero attached hydrogens (tertiary/aromatic N) is 1. The maximum Gasteiger partial charge on any atom is 0.226 e. The van der Waals surface area contributed by atoms with E-state index in [1.165, 1.54) is 6.42 Å². The van der Waals surface area contributed by atoms with Crippen LogP contribution < -0.4 is 5.73 Å². The monoisotopic (exact) mass is 266 g/mol. The van der Waals surface area contributed by atoms with Gasteiger partial charge >= 0.3 is 0 Å². The number of rotatable bonds is 2. The Labute approximate surface area is 117 Å². The maximum atomic E-state index is 12.7. The molecule has 2 rings (SSSR count). The van der Waals surface area contributed by atoms with E-state index in [0.717, 1.165) is 45.2 Å². The highest BCUT2D eigenvalue weighted by Crippen LogP contribution is 2.36. The van der Waals surface area contributed by atoms with Gasteiger partial charge in [0, 0.05) is 25.0 Å². The van der Waals surface area contributed by atoms with E-state index in [-0.39, 0.29) is 12.0 Å². The largest absolute Gasteiger partial charge is 0.342 e. The second-order valence-electron chi connectivity index (χ2n) is 7.05. The second-order valence-corrected chi connectivity index (χ2v) is 7.05. The Morgan fingerprint density at radius 1 is 1.32 bits per heavy atom. The third-order valence-corrected chi connectivity index (χ3v) is 5.82. The van der Waals surface area contributed by atoms with Crippen molar-refractivity contribution in [2.75, 3.05) is 13.1 Å². The Kier molecular flexibility index (Phi) is 4.54. The Bertz CT molecular complexity index is 321. The first kappa shape index (κ1) is 14.8. The second kappa shape index (κ2) is 5.82. The lowest BCUT2D eigenvalue weighted by Crippen LogP contribution is -2.49. The van der Waals surface area contributed by atoms with Crippen molar-refractivity contribution in [3.8, 4) is 0 Å². The number of piperidine rings is 1. The van der Waals surface area contributed by atoms with Crippen molar-refractivity contribution in [1.82, 2.24) is 4.90 Å². The van der Waals surface area contributed by atoms with Gasteiger partial charge in [-0.1, -0.05) is 33.6 Å². The minimum Gasteiger partial charge on any atom is -0.342 e. The molecule has 0 spiro atoms. The van der Waals surface area contributed by atoms with Crippen LogP contribution in [0.1, 0.15) is 59.3 Å². The highest BCUT2D eigenvalue weighted by Gasteiger charge is 2.37. The van der Waals surface area contributed by atoms with E-state index in [9.17, 15) is 4.79 Å². The first-order chi connectivity index (χ1) is 8.97. The molecular formula is C16H30N2O. The van der Waals surface area contributed by atoms with Gasteiger partial charge in [-0.15, -0.1) is 0 Å². The molecule has 3 unspecified atom stereocenters. The summed E-state index contributed by atoms with van der Waals surface area (Å²) in [5, 5.41) is 0. The van der Waals surface area contributed by atoms with Crippen molar-refractivity contribution in [1.29, 1.82) is 0 Å². The fourth-order valence-corrected chi connectivity index (χ4v) is 3.60. The summed E-state index contributed by atoms with van der Waals surface area (Å²) in [6, 6.07) is 0.216. The first-order valence-electron chi connectivity index (χ1n) is 8.01. The third kappa shape index (κ3) is 3.13. The van der Waals surface area contributed by atoms with E-state index in [1.807, 2.05) is 0 Å². The van der Waals surface area contributed by atoms with E-state index in [2.05, 4.69) is 25.7 Å². The fourth-order valence-electron chi connectivity index (χ4n) is 3.60. The average Bonchev–Trinajstić information content (AvgIpc) is 2.42. The van der Waals surface area contributed by atoms with Gasteiger partial charge in [-0.25, -0.2) is 0 Å². The van der Waals surface area contributed by atoms with Crippen molar-refractivity contribution in [2.45, 2.75) is 65.3 Å². The van der Waals surface area contributed by atoms with Gasteiger partial charge in [0.05, 0.1) is 0 Å². The van der Waals surface area contributed by atoms with Crippen LogP contribution in [0.25, 0.3) is 0 Å². The zero-order valence-electron chi connectivity index (χ0n) is 12.8. The van der Waals surface area contributed by atoms with Crippen LogP contribution in [0.4, 0.5) is 0 Å². The van der Waals surface area contributed by atoms with Crippen LogP contribution in [0.15, 0.2) is 0 Å². The van der Waals surface area contributed by atoms with Crippen LogP contribution in [0.2, 0.25) is 0 Å². The van der Waals surface area contributed by atoms with Gasteiger partial charge in [0.1, 0.15) is 0 Å². The Balaban J connectivity index is 1.94. The van der Waals surface area contributed by atoms with Gasteiger partial charge in [0.25, 0.3) is 0 Å². The molecule has 0 aromatic heterocycles. The topological polar surface area (TPSA) is 46.3 Å². The van der Waals surface area contributed by atoms with Gasteiger partial charge in [0.2, 0.25) is 5.91 Å². The van der Waals surface area contributed by atoms with Gasteiger partial charge in [0.15, 0.2) is 0 Å². The summed E-state index contributed by atoms with van der Waals surface area (Å²) in [7, 11) is 0. The SMILES string of the molecule is CCC1(C)CCN(C(=O)C2CCCC(N)C2C)CC1. The molecule has 3 heteroatoms. The van der Waals surface area contributed by atoms with Crippen molar-refractivity contribution in [3.05, 3.63) is 0 Å². The summed E-state index contributed by atoms with van der Waals surface area (Å²) in [4.78, 5) is 14.8. The summed E-state index contributed by atoms with van der Waals surface area (Å²) in [5.74, 6) is 0.899. The highest BCUT2D eigenvalue weighted by atomic mass is 16.2.